The largest absolute Gasteiger partial charge is 0.494 e. The zero-order chi connectivity index (χ0) is 20.4. The van der Waals surface area contributed by atoms with Crippen LogP contribution in [0.2, 0.25) is 6.04 Å². The van der Waals surface area contributed by atoms with Crippen molar-refractivity contribution in [3.8, 4) is 5.75 Å². The van der Waals surface area contributed by atoms with Crippen LogP contribution in [0.1, 0.15) is 56.9 Å². The quantitative estimate of drug-likeness (QED) is 0.163. The van der Waals surface area contributed by atoms with E-state index >= 15 is 0 Å². The Kier molecular flexibility index (Phi) is 10.2. The maximum absolute atomic E-state index is 10.5. The molecule has 0 aromatic heterocycles. The van der Waals surface area contributed by atoms with Gasteiger partial charge >= 0.3 is 12.0 Å². The fourth-order valence-corrected chi connectivity index (χ4v) is 5.61. The summed E-state index contributed by atoms with van der Waals surface area (Å²) in [7, 11) is 0. The third-order valence-electron chi connectivity index (χ3n) is 5.38. The Hall–Kier alpha value is -0.683. The third-order valence-corrected chi connectivity index (χ3v) is 8.00. The molecule has 0 atom stereocenters. The number of unbranched alkanes of at least 4 members (excludes halogenated alkanes) is 1. The lowest BCUT2D eigenvalue weighted by Gasteiger charge is -2.28. The summed E-state index contributed by atoms with van der Waals surface area (Å²) >= 11 is 17.8. The Bertz CT molecular complexity index is 621. The summed E-state index contributed by atoms with van der Waals surface area (Å²) in [5.74, 6) is 1.47. The van der Waals surface area contributed by atoms with Crippen molar-refractivity contribution in [2.75, 3.05) is 6.61 Å². The predicted octanol–water partition coefficient (Wildman–Crippen LogP) is 7.19. The van der Waals surface area contributed by atoms with Crippen LogP contribution in [0.25, 0.3) is 6.08 Å². The van der Waals surface area contributed by atoms with Crippen molar-refractivity contribution in [2.24, 2.45) is 11.8 Å². The highest BCUT2D eigenvalue weighted by atomic mass is 35.8. The van der Waals surface area contributed by atoms with Crippen LogP contribution in [0.5, 0.6) is 5.75 Å². The molecule has 0 saturated heterocycles. The Morgan fingerprint density at radius 2 is 1.64 bits per heavy atom. The molecule has 0 heterocycles. The van der Waals surface area contributed by atoms with Gasteiger partial charge in [-0.1, -0.05) is 57.1 Å². The van der Waals surface area contributed by atoms with Crippen molar-refractivity contribution in [1.82, 2.24) is 0 Å². The van der Waals surface area contributed by atoms with Crippen LogP contribution in [0.4, 0.5) is 0 Å². The summed E-state index contributed by atoms with van der Waals surface area (Å²) in [5.41, 5.74) is 0.851. The van der Waals surface area contributed by atoms with Crippen molar-refractivity contribution in [1.29, 1.82) is 0 Å². The van der Waals surface area contributed by atoms with Crippen LogP contribution >= 0.6 is 33.2 Å². The predicted molar refractivity (Wildman–Crippen MR) is 121 cm³/mol. The molecule has 0 spiro atoms. The average Bonchev–Trinajstić information content (AvgIpc) is 2.65. The molecule has 1 aromatic rings. The summed E-state index contributed by atoms with van der Waals surface area (Å²) in [4.78, 5) is 10.5. The molecular formula is C21H29Cl3O3Si. The van der Waals surface area contributed by atoms with Crippen LogP contribution in [-0.4, -0.2) is 23.7 Å². The number of aliphatic carboxylic acids is 1. The minimum absolute atomic E-state index is 0.730. The summed E-state index contributed by atoms with van der Waals surface area (Å²) in [6.45, 7) is 0.730. The number of rotatable bonds is 11. The molecule has 0 aliphatic heterocycles. The van der Waals surface area contributed by atoms with Crippen molar-refractivity contribution < 1.29 is 14.6 Å². The van der Waals surface area contributed by atoms with E-state index in [0.29, 0.717) is 0 Å². The van der Waals surface area contributed by atoms with Crippen molar-refractivity contribution >= 4 is 51.3 Å². The Morgan fingerprint density at radius 3 is 2.21 bits per heavy atom. The molecule has 1 aromatic carbocycles. The van der Waals surface area contributed by atoms with Gasteiger partial charge in [0.25, 0.3) is 0 Å². The van der Waals surface area contributed by atoms with Gasteiger partial charge in [-0.25, -0.2) is 4.79 Å². The van der Waals surface area contributed by atoms with Crippen LogP contribution in [0.15, 0.2) is 30.3 Å². The number of hydrogen-bond donors (Lipinski definition) is 1. The lowest BCUT2D eigenvalue weighted by atomic mass is 9.79. The Morgan fingerprint density at radius 1 is 1.04 bits per heavy atom. The van der Waals surface area contributed by atoms with E-state index in [0.717, 1.165) is 54.7 Å². The summed E-state index contributed by atoms with van der Waals surface area (Å²) < 4.78 is 5.85. The van der Waals surface area contributed by atoms with E-state index in [9.17, 15) is 4.79 Å². The second kappa shape index (κ2) is 12.1. The topological polar surface area (TPSA) is 46.5 Å². The van der Waals surface area contributed by atoms with Crippen LogP contribution < -0.4 is 4.74 Å². The van der Waals surface area contributed by atoms with E-state index in [1.54, 1.807) is 6.08 Å². The van der Waals surface area contributed by atoms with E-state index in [1.807, 2.05) is 24.3 Å². The molecular weight excluding hydrogens is 435 g/mol. The number of carbonyl (C=O) groups is 1. The van der Waals surface area contributed by atoms with Gasteiger partial charge in [-0.05, 0) is 48.1 Å². The first kappa shape index (κ1) is 23.6. The van der Waals surface area contributed by atoms with Crippen molar-refractivity contribution in [2.45, 2.75) is 57.4 Å². The van der Waals surface area contributed by atoms with E-state index in [1.165, 1.54) is 38.5 Å². The number of carboxylic acid groups (broad SMARTS) is 1. The van der Waals surface area contributed by atoms with E-state index < -0.39 is 12.0 Å². The average molecular weight is 464 g/mol. The highest BCUT2D eigenvalue weighted by Crippen LogP contribution is 2.34. The lowest BCUT2D eigenvalue weighted by Crippen LogP contribution is -2.17. The molecule has 0 unspecified atom stereocenters. The standard InChI is InChI=1S/C21H29Cl3O3Si/c22-28(23,24)16-2-1-3-17-4-6-19(7-5-17)14-15-27-20-11-8-18(9-12-20)10-13-21(25)26/h8-13,17,19H,1-7,14-16H2,(H,25,26)/b13-10+/t17-,19-. The van der Waals surface area contributed by atoms with Crippen LogP contribution in [-0.2, 0) is 4.79 Å². The molecule has 1 aliphatic rings. The van der Waals surface area contributed by atoms with Crippen LogP contribution in [0.3, 0.4) is 0 Å². The molecule has 1 saturated carbocycles. The minimum Gasteiger partial charge on any atom is -0.494 e. The van der Waals surface area contributed by atoms with Crippen LogP contribution in [0, 0.1) is 11.8 Å². The lowest BCUT2D eigenvalue weighted by molar-refractivity contribution is -0.131. The van der Waals surface area contributed by atoms with Gasteiger partial charge in [-0.2, -0.15) is 0 Å². The molecule has 3 nitrogen and oxygen atoms in total. The van der Waals surface area contributed by atoms with Crippen molar-refractivity contribution in [3.05, 3.63) is 35.9 Å². The second-order valence-corrected chi connectivity index (χ2v) is 16.9. The second-order valence-electron chi connectivity index (χ2n) is 7.63. The fourth-order valence-electron chi connectivity index (χ4n) is 3.75. The SMILES string of the molecule is O=C(O)/C=C/c1ccc(OCC[C@H]2CC[C@H](CCCC[Si](Cl)(Cl)Cl)CC2)cc1. The number of benzene rings is 1. The maximum atomic E-state index is 10.5. The maximum Gasteiger partial charge on any atom is 0.341 e. The highest BCUT2D eigenvalue weighted by molar-refractivity contribution is 7.64. The highest BCUT2D eigenvalue weighted by Gasteiger charge is 2.25. The molecule has 1 aliphatic carbocycles. The van der Waals surface area contributed by atoms with Crippen molar-refractivity contribution in [3.63, 3.8) is 0 Å². The normalized spacial score (nSPS) is 20.4. The summed E-state index contributed by atoms with van der Waals surface area (Å²) in [5, 5.41) is 8.64. The molecule has 0 bridgehead atoms. The van der Waals surface area contributed by atoms with E-state index in [-0.39, 0.29) is 0 Å². The monoisotopic (exact) mass is 462 g/mol. The smallest absolute Gasteiger partial charge is 0.341 e. The van der Waals surface area contributed by atoms with E-state index in [2.05, 4.69) is 0 Å². The molecule has 0 amide bonds. The number of ether oxygens (including phenoxy) is 1. The van der Waals surface area contributed by atoms with Gasteiger partial charge in [-0.3, -0.25) is 0 Å². The molecule has 1 fully saturated rings. The van der Waals surface area contributed by atoms with Gasteiger partial charge in [0.2, 0.25) is 0 Å². The molecule has 2 rings (SSSR count). The Labute approximate surface area is 183 Å². The van der Waals surface area contributed by atoms with Gasteiger partial charge in [0.15, 0.2) is 0 Å². The first-order valence-corrected chi connectivity index (χ1v) is 15.3. The molecule has 0 radical (unpaired) electrons. The van der Waals surface area contributed by atoms with Gasteiger partial charge in [0, 0.05) is 6.08 Å². The number of hydrogen-bond acceptors (Lipinski definition) is 2. The van der Waals surface area contributed by atoms with Gasteiger partial charge < -0.3 is 9.84 Å². The van der Waals surface area contributed by atoms with Gasteiger partial charge in [0.1, 0.15) is 5.75 Å². The third kappa shape index (κ3) is 10.2. The first-order valence-electron chi connectivity index (χ1n) is 10.0. The molecule has 7 heteroatoms. The molecule has 28 heavy (non-hydrogen) atoms. The zero-order valence-corrected chi connectivity index (χ0v) is 19.4. The summed E-state index contributed by atoms with van der Waals surface area (Å²) in [6.07, 6.45) is 12.5. The fraction of sp³-hybridized carbons (Fsp3) is 0.571. The Balaban J connectivity index is 1.58. The van der Waals surface area contributed by atoms with Gasteiger partial charge in [-0.15, -0.1) is 33.2 Å². The van der Waals surface area contributed by atoms with Gasteiger partial charge in [0.05, 0.1) is 6.61 Å². The zero-order valence-electron chi connectivity index (χ0n) is 16.1. The van der Waals surface area contributed by atoms with E-state index in [4.69, 9.17) is 43.1 Å². The number of carboxylic acids is 1. The molecule has 156 valence electrons. The minimum atomic E-state index is -2.43. The first-order chi connectivity index (χ1) is 13.3. The molecule has 1 N–H and O–H groups in total. The number of halogens is 3. The summed E-state index contributed by atoms with van der Waals surface area (Å²) in [6, 6.07) is 5.85.